The molecule has 2 aliphatic rings. The molecule has 31 heavy (non-hydrogen) atoms. The highest BCUT2D eigenvalue weighted by Crippen LogP contribution is 2.44. The Morgan fingerprint density at radius 1 is 1.32 bits per heavy atom. The molecule has 1 saturated heterocycles. The first kappa shape index (κ1) is 25.1. The standard InChI is InChI=1S/C19H20F3N3O4.2ClH/c1-9-7-24(5-4-23-9)15-13(20)6-11-14(17(15)29-19(21)22)25(10-2-3-10)8-12(16(11)26)18(27)28;;/h6,8-10,19,23H,2-5,7H2,1H3,(H,27,28);2*1H/t9-;;/m0../s1. The average Bonchev–Trinajstić information content (AvgIpc) is 3.47. The minimum absolute atomic E-state index is 0. The maximum absolute atomic E-state index is 15.1. The number of rotatable bonds is 5. The van der Waals surface area contributed by atoms with E-state index in [1.54, 1.807) is 4.90 Å². The number of carbonyl (C=O) groups is 1. The fourth-order valence-corrected chi connectivity index (χ4v) is 3.87. The van der Waals surface area contributed by atoms with E-state index in [-0.39, 0.29) is 53.5 Å². The van der Waals surface area contributed by atoms with Crippen molar-refractivity contribution >= 4 is 47.4 Å². The third kappa shape index (κ3) is 4.70. The maximum atomic E-state index is 15.1. The summed E-state index contributed by atoms with van der Waals surface area (Å²) in [6.07, 6.45) is 2.54. The van der Waals surface area contributed by atoms with Crippen LogP contribution in [0.4, 0.5) is 18.9 Å². The van der Waals surface area contributed by atoms with Crippen LogP contribution in [0, 0.1) is 5.82 Å². The molecule has 7 nitrogen and oxygen atoms in total. The summed E-state index contributed by atoms with van der Waals surface area (Å²) in [6, 6.07) is 0.776. The van der Waals surface area contributed by atoms with Crippen LogP contribution in [0.1, 0.15) is 36.2 Å². The number of piperazine rings is 1. The van der Waals surface area contributed by atoms with E-state index in [1.165, 1.54) is 4.57 Å². The Morgan fingerprint density at radius 2 is 2.00 bits per heavy atom. The molecule has 1 aliphatic heterocycles. The number of ether oxygens (including phenoxy) is 1. The Hall–Kier alpha value is -2.17. The second kappa shape index (κ2) is 9.54. The Kier molecular flexibility index (Phi) is 7.72. The summed E-state index contributed by atoms with van der Waals surface area (Å²) < 4.78 is 48.0. The summed E-state index contributed by atoms with van der Waals surface area (Å²) in [7, 11) is 0. The molecule has 1 aliphatic carbocycles. The SMILES string of the molecule is C[C@H]1CN(c2c(F)cc3c(=O)c(C(=O)O)cn(C4CC4)c3c2OC(F)F)CCN1.Cl.Cl. The van der Waals surface area contributed by atoms with Crippen molar-refractivity contribution in [2.24, 2.45) is 0 Å². The average molecular weight is 484 g/mol. The second-order valence-electron chi connectivity index (χ2n) is 7.43. The predicted molar refractivity (Wildman–Crippen MR) is 114 cm³/mol. The number of hydrogen-bond acceptors (Lipinski definition) is 5. The summed E-state index contributed by atoms with van der Waals surface area (Å²) in [5.74, 6) is -2.78. The highest BCUT2D eigenvalue weighted by molar-refractivity contribution is 5.97. The zero-order valence-electron chi connectivity index (χ0n) is 16.4. The number of aromatic carboxylic acids is 1. The molecule has 2 aromatic rings. The van der Waals surface area contributed by atoms with E-state index in [4.69, 9.17) is 4.74 Å². The number of alkyl halides is 2. The summed E-state index contributed by atoms with van der Waals surface area (Å²) in [6.45, 7) is -0.0881. The van der Waals surface area contributed by atoms with Crippen LogP contribution in [0.15, 0.2) is 17.1 Å². The van der Waals surface area contributed by atoms with Gasteiger partial charge in [0.2, 0.25) is 5.43 Å². The Balaban J connectivity index is 0.00000171. The maximum Gasteiger partial charge on any atom is 0.387 e. The van der Waals surface area contributed by atoms with E-state index in [0.29, 0.717) is 32.5 Å². The van der Waals surface area contributed by atoms with E-state index in [2.05, 4.69) is 5.32 Å². The number of aromatic nitrogens is 1. The van der Waals surface area contributed by atoms with E-state index in [1.807, 2.05) is 6.92 Å². The fourth-order valence-electron chi connectivity index (χ4n) is 3.87. The molecular weight excluding hydrogens is 462 g/mol. The molecule has 2 N–H and O–H groups in total. The van der Waals surface area contributed by atoms with Crippen LogP contribution in [0.5, 0.6) is 5.75 Å². The third-order valence-electron chi connectivity index (χ3n) is 5.26. The topological polar surface area (TPSA) is 83.8 Å². The van der Waals surface area contributed by atoms with Gasteiger partial charge < -0.3 is 24.6 Å². The third-order valence-corrected chi connectivity index (χ3v) is 5.26. The van der Waals surface area contributed by atoms with Gasteiger partial charge in [-0.1, -0.05) is 0 Å². The summed E-state index contributed by atoms with van der Waals surface area (Å²) >= 11 is 0. The molecule has 0 unspecified atom stereocenters. The number of pyridine rings is 1. The van der Waals surface area contributed by atoms with Gasteiger partial charge in [-0.15, -0.1) is 24.8 Å². The van der Waals surface area contributed by atoms with Crippen molar-refractivity contribution in [3.63, 3.8) is 0 Å². The molecule has 2 fully saturated rings. The van der Waals surface area contributed by atoms with Gasteiger partial charge in [0.25, 0.3) is 0 Å². The molecule has 1 aromatic carbocycles. The molecule has 172 valence electrons. The lowest BCUT2D eigenvalue weighted by Gasteiger charge is -2.35. The quantitative estimate of drug-likeness (QED) is 0.677. The van der Waals surface area contributed by atoms with Crippen molar-refractivity contribution in [2.75, 3.05) is 24.5 Å². The van der Waals surface area contributed by atoms with Crippen LogP contribution in [0.3, 0.4) is 0 Å². The molecule has 0 amide bonds. The molecule has 2 heterocycles. The molecule has 12 heteroatoms. The zero-order chi connectivity index (χ0) is 20.9. The van der Waals surface area contributed by atoms with Crippen LogP contribution >= 0.6 is 24.8 Å². The molecule has 0 spiro atoms. The number of carboxylic acid groups (broad SMARTS) is 1. The number of carboxylic acids is 1. The second-order valence-corrected chi connectivity index (χ2v) is 7.43. The number of anilines is 1. The van der Waals surface area contributed by atoms with E-state index in [9.17, 15) is 23.5 Å². The van der Waals surface area contributed by atoms with E-state index in [0.717, 1.165) is 12.3 Å². The van der Waals surface area contributed by atoms with Crippen LogP contribution in [-0.4, -0.2) is 47.9 Å². The number of benzene rings is 1. The summed E-state index contributed by atoms with van der Waals surface area (Å²) in [5, 5.41) is 12.3. The number of halogens is 5. The van der Waals surface area contributed by atoms with Gasteiger partial charge in [0, 0.05) is 37.9 Å². The van der Waals surface area contributed by atoms with Gasteiger partial charge in [0.05, 0.1) is 10.9 Å². The number of hydrogen-bond donors (Lipinski definition) is 2. The highest BCUT2D eigenvalue weighted by atomic mass is 35.5. The minimum atomic E-state index is -3.24. The van der Waals surface area contributed by atoms with Crippen LogP contribution in [-0.2, 0) is 0 Å². The van der Waals surface area contributed by atoms with Crippen molar-refractivity contribution in [1.82, 2.24) is 9.88 Å². The first-order valence-corrected chi connectivity index (χ1v) is 9.35. The lowest BCUT2D eigenvalue weighted by atomic mass is 10.1. The number of fused-ring (bicyclic) bond motifs is 1. The van der Waals surface area contributed by atoms with Crippen molar-refractivity contribution in [3.8, 4) is 5.75 Å². The van der Waals surface area contributed by atoms with Gasteiger partial charge in [-0.05, 0) is 25.8 Å². The molecule has 0 bridgehead atoms. The smallest absolute Gasteiger partial charge is 0.387 e. The minimum Gasteiger partial charge on any atom is -0.477 e. The summed E-state index contributed by atoms with van der Waals surface area (Å²) in [5.41, 5.74) is -1.59. The Labute approximate surface area is 188 Å². The van der Waals surface area contributed by atoms with Crippen molar-refractivity contribution in [1.29, 1.82) is 0 Å². The molecule has 1 saturated carbocycles. The largest absolute Gasteiger partial charge is 0.477 e. The monoisotopic (exact) mass is 483 g/mol. The molecule has 1 atom stereocenters. The molecule has 1 aromatic heterocycles. The Bertz CT molecular complexity index is 1050. The first-order chi connectivity index (χ1) is 13.8. The van der Waals surface area contributed by atoms with Crippen molar-refractivity contribution in [3.05, 3.63) is 33.9 Å². The molecule has 4 rings (SSSR count). The number of nitrogens with one attached hydrogen (secondary N) is 1. The van der Waals surface area contributed by atoms with E-state index >= 15 is 4.39 Å². The number of nitrogens with zero attached hydrogens (tertiary/aromatic N) is 2. The van der Waals surface area contributed by atoms with Gasteiger partial charge in [-0.3, -0.25) is 4.79 Å². The van der Waals surface area contributed by atoms with Gasteiger partial charge in [-0.2, -0.15) is 8.78 Å². The van der Waals surface area contributed by atoms with Gasteiger partial charge in [-0.25, -0.2) is 9.18 Å². The molecular formula is C19H22Cl2F3N3O4. The first-order valence-electron chi connectivity index (χ1n) is 9.35. The van der Waals surface area contributed by atoms with Gasteiger partial charge >= 0.3 is 12.6 Å². The van der Waals surface area contributed by atoms with Gasteiger partial charge in [0.1, 0.15) is 11.3 Å². The van der Waals surface area contributed by atoms with Crippen LogP contribution < -0.4 is 20.4 Å². The summed E-state index contributed by atoms with van der Waals surface area (Å²) in [4.78, 5) is 25.8. The zero-order valence-corrected chi connectivity index (χ0v) is 18.1. The van der Waals surface area contributed by atoms with Crippen molar-refractivity contribution in [2.45, 2.75) is 38.5 Å². The normalized spacial score (nSPS) is 18.5. The fraction of sp³-hybridized carbons (Fsp3) is 0.474. The Morgan fingerprint density at radius 3 is 2.55 bits per heavy atom. The molecule has 0 radical (unpaired) electrons. The van der Waals surface area contributed by atoms with Gasteiger partial charge in [0.15, 0.2) is 11.6 Å². The van der Waals surface area contributed by atoms with Crippen LogP contribution in [0.2, 0.25) is 0 Å². The lowest BCUT2D eigenvalue weighted by molar-refractivity contribution is -0.0488. The lowest BCUT2D eigenvalue weighted by Crippen LogP contribution is -2.49. The highest BCUT2D eigenvalue weighted by Gasteiger charge is 2.33. The van der Waals surface area contributed by atoms with Crippen molar-refractivity contribution < 1.29 is 27.8 Å². The predicted octanol–water partition coefficient (Wildman–Crippen LogP) is 3.42. The van der Waals surface area contributed by atoms with Crippen LogP contribution in [0.25, 0.3) is 10.9 Å². The van der Waals surface area contributed by atoms with E-state index < -0.39 is 35.1 Å².